The second-order valence-electron chi connectivity index (χ2n) is 5.40. The highest BCUT2D eigenvalue weighted by Gasteiger charge is 2.24. The smallest absolute Gasteiger partial charge is 0.115 e. The Morgan fingerprint density at radius 2 is 1.78 bits per heavy atom. The lowest BCUT2D eigenvalue weighted by Gasteiger charge is -2.37. The van der Waals surface area contributed by atoms with E-state index in [4.69, 9.17) is 0 Å². The molecule has 100 valence electrons. The lowest BCUT2D eigenvalue weighted by molar-refractivity contribution is 0.127. The first-order valence-corrected chi connectivity index (χ1v) is 7.27. The standard InChI is InChI=1S/C16H25NO/c1-3-13-9-11-17(12-10-13)16(4-2)14-5-7-15(18)8-6-14/h5-8,13,16,18H,3-4,9-12H2,1-2H3. The summed E-state index contributed by atoms with van der Waals surface area (Å²) in [5.74, 6) is 1.29. The maximum Gasteiger partial charge on any atom is 0.115 e. The highest BCUT2D eigenvalue weighted by molar-refractivity contribution is 5.28. The normalized spacial score (nSPS) is 19.9. The van der Waals surface area contributed by atoms with E-state index in [2.05, 4.69) is 30.9 Å². The van der Waals surface area contributed by atoms with Crippen molar-refractivity contribution in [1.82, 2.24) is 4.90 Å². The van der Waals surface area contributed by atoms with Crippen LogP contribution in [0.25, 0.3) is 0 Å². The van der Waals surface area contributed by atoms with Crippen LogP contribution < -0.4 is 0 Å². The SMILES string of the molecule is CCC1CCN(C(CC)c2ccc(O)cc2)CC1. The first kappa shape index (κ1) is 13.4. The number of hydrogen-bond donors (Lipinski definition) is 1. The zero-order valence-corrected chi connectivity index (χ0v) is 11.6. The minimum absolute atomic E-state index is 0.360. The molecule has 0 aliphatic carbocycles. The summed E-state index contributed by atoms with van der Waals surface area (Å²) < 4.78 is 0. The summed E-state index contributed by atoms with van der Waals surface area (Å²) in [4.78, 5) is 2.61. The summed E-state index contributed by atoms with van der Waals surface area (Å²) in [5, 5.41) is 9.37. The molecule has 0 bridgehead atoms. The highest BCUT2D eigenvalue weighted by Crippen LogP contribution is 2.30. The van der Waals surface area contributed by atoms with Gasteiger partial charge in [0.1, 0.15) is 5.75 Å². The zero-order chi connectivity index (χ0) is 13.0. The molecule has 1 heterocycles. The number of rotatable bonds is 4. The number of phenols is 1. The van der Waals surface area contributed by atoms with Crippen LogP contribution in [0.2, 0.25) is 0 Å². The van der Waals surface area contributed by atoms with Gasteiger partial charge in [-0.1, -0.05) is 32.4 Å². The van der Waals surface area contributed by atoms with Crippen molar-refractivity contribution in [3.05, 3.63) is 29.8 Å². The van der Waals surface area contributed by atoms with Gasteiger partial charge in [0.15, 0.2) is 0 Å². The van der Waals surface area contributed by atoms with Gasteiger partial charge in [-0.15, -0.1) is 0 Å². The molecule has 0 spiro atoms. The lowest BCUT2D eigenvalue weighted by atomic mass is 9.92. The number of piperidine rings is 1. The molecular formula is C16H25NO. The monoisotopic (exact) mass is 247 g/mol. The van der Waals surface area contributed by atoms with Crippen molar-refractivity contribution in [1.29, 1.82) is 0 Å². The molecule has 1 aliphatic heterocycles. The van der Waals surface area contributed by atoms with Crippen molar-refractivity contribution in [2.45, 2.75) is 45.6 Å². The van der Waals surface area contributed by atoms with E-state index in [0.717, 1.165) is 12.3 Å². The van der Waals surface area contributed by atoms with Gasteiger partial charge in [0.25, 0.3) is 0 Å². The Hall–Kier alpha value is -1.02. The highest BCUT2D eigenvalue weighted by atomic mass is 16.3. The predicted octanol–water partition coefficient (Wildman–Crippen LogP) is 3.97. The first-order chi connectivity index (χ1) is 8.74. The molecule has 18 heavy (non-hydrogen) atoms. The molecule has 1 N–H and O–H groups in total. The van der Waals surface area contributed by atoms with E-state index in [-0.39, 0.29) is 0 Å². The average molecular weight is 247 g/mol. The number of aromatic hydroxyl groups is 1. The molecule has 2 nitrogen and oxygen atoms in total. The third kappa shape index (κ3) is 3.05. The average Bonchev–Trinajstić information content (AvgIpc) is 2.42. The number of hydrogen-bond acceptors (Lipinski definition) is 2. The predicted molar refractivity (Wildman–Crippen MR) is 75.7 cm³/mol. The van der Waals surface area contributed by atoms with E-state index >= 15 is 0 Å². The topological polar surface area (TPSA) is 23.5 Å². The van der Waals surface area contributed by atoms with Crippen LogP contribution in [-0.2, 0) is 0 Å². The second kappa shape index (κ2) is 6.24. The molecule has 1 aromatic rings. The Morgan fingerprint density at radius 3 is 2.28 bits per heavy atom. The number of nitrogens with zero attached hydrogens (tertiary/aromatic N) is 1. The molecule has 1 atom stereocenters. The molecule has 1 saturated heterocycles. The van der Waals surface area contributed by atoms with E-state index < -0.39 is 0 Å². The Morgan fingerprint density at radius 1 is 1.17 bits per heavy atom. The molecule has 0 amide bonds. The van der Waals surface area contributed by atoms with Gasteiger partial charge in [0, 0.05) is 6.04 Å². The summed E-state index contributed by atoms with van der Waals surface area (Å²) in [6.07, 6.45) is 5.14. The van der Waals surface area contributed by atoms with Gasteiger partial charge in [-0.2, -0.15) is 0 Å². The van der Waals surface area contributed by atoms with Crippen molar-refractivity contribution < 1.29 is 5.11 Å². The summed E-state index contributed by atoms with van der Waals surface area (Å²) in [6.45, 7) is 7.00. The number of benzene rings is 1. The molecule has 0 radical (unpaired) electrons. The first-order valence-electron chi connectivity index (χ1n) is 7.27. The fourth-order valence-electron chi connectivity index (χ4n) is 3.07. The second-order valence-corrected chi connectivity index (χ2v) is 5.40. The van der Waals surface area contributed by atoms with Gasteiger partial charge in [0.2, 0.25) is 0 Å². The summed E-state index contributed by atoms with van der Waals surface area (Å²) in [7, 11) is 0. The van der Waals surface area contributed by atoms with Gasteiger partial charge in [-0.3, -0.25) is 4.90 Å². The Bertz CT molecular complexity index is 352. The van der Waals surface area contributed by atoms with Crippen LogP contribution in [0.1, 0.15) is 51.1 Å². The third-order valence-corrected chi connectivity index (χ3v) is 4.33. The minimum Gasteiger partial charge on any atom is -0.508 e. The molecule has 0 aromatic heterocycles. The minimum atomic E-state index is 0.360. The molecule has 1 aromatic carbocycles. The quantitative estimate of drug-likeness (QED) is 0.870. The van der Waals surface area contributed by atoms with Crippen molar-refractivity contribution in [2.24, 2.45) is 5.92 Å². The van der Waals surface area contributed by atoms with Crippen LogP contribution >= 0.6 is 0 Å². The molecule has 2 heteroatoms. The van der Waals surface area contributed by atoms with Crippen molar-refractivity contribution in [3.8, 4) is 5.75 Å². The van der Waals surface area contributed by atoms with Crippen molar-refractivity contribution in [3.63, 3.8) is 0 Å². The third-order valence-electron chi connectivity index (χ3n) is 4.33. The maximum absolute atomic E-state index is 9.37. The van der Waals surface area contributed by atoms with Crippen LogP contribution in [0.3, 0.4) is 0 Å². The van der Waals surface area contributed by atoms with Crippen LogP contribution in [0.4, 0.5) is 0 Å². The fourth-order valence-corrected chi connectivity index (χ4v) is 3.07. The molecule has 0 saturated carbocycles. The van der Waals surface area contributed by atoms with Crippen molar-refractivity contribution in [2.75, 3.05) is 13.1 Å². The Balaban J connectivity index is 2.03. The van der Waals surface area contributed by atoms with Crippen molar-refractivity contribution >= 4 is 0 Å². The summed E-state index contributed by atoms with van der Waals surface area (Å²) in [6, 6.07) is 8.25. The number of phenolic OH excluding ortho intramolecular Hbond substituents is 1. The fraction of sp³-hybridized carbons (Fsp3) is 0.625. The van der Waals surface area contributed by atoms with E-state index in [0.29, 0.717) is 11.8 Å². The largest absolute Gasteiger partial charge is 0.508 e. The van der Waals surface area contributed by atoms with Gasteiger partial charge in [-0.25, -0.2) is 0 Å². The molecule has 1 unspecified atom stereocenters. The van der Waals surface area contributed by atoms with Crippen LogP contribution in [-0.4, -0.2) is 23.1 Å². The van der Waals surface area contributed by atoms with Crippen LogP contribution in [0.5, 0.6) is 5.75 Å². The van der Waals surface area contributed by atoms with Gasteiger partial charge >= 0.3 is 0 Å². The molecular weight excluding hydrogens is 222 g/mol. The number of likely N-dealkylation sites (tertiary alicyclic amines) is 1. The van der Waals surface area contributed by atoms with Gasteiger partial charge in [-0.05, 0) is 56.0 Å². The van der Waals surface area contributed by atoms with Crippen LogP contribution in [0, 0.1) is 5.92 Å². The van der Waals surface area contributed by atoms with Gasteiger partial charge in [0.05, 0.1) is 0 Å². The Kier molecular flexibility index (Phi) is 4.65. The zero-order valence-electron chi connectivity index (χ0n) is 11.6. The lowest BCUT2D eigenvalue weighted by Crippen LogP contribution is -2.36. The maximum atomic E-state index is 9.37. The van der Waals surface area contributed by atoms with E-state index in [1.54, 1.807) is 12.1 Å². The van der Waals surface area contributed by atoms with Crippen LogP contribution in [0.15, 0.2) is 24.3 Å². The molecule has 1 aliphatic rings. The molecule has 1 fully saturated rings. The summed E-state index contributed by atoms with van der Waals surface area (Å²) >= 11 is 0. The Labute approximate surface area is 111 Å². The van der Waals surface area contributed by atoms with Gasteiger partial charge < -0.3 is 5.11 Å². The molecule has 2 rings (SSSR count). The van der Waals surface area contributed by atoms with E-state index in [9.17, 15) is 5.11 Å². The summed E-state index contributed by atoms with van der Waals surface area (Å²) in [5.41, 5.74) is 1.34. The van der Waals surface area contributed by atoms with E-state index in [1.807, 2.05) is 0 Å². The van der Waals surface area contributed by atoms with E-state index in [1.165, 1.54) is 37.9 Å².